The number of nitrogens with one attached hydrogen (secondary N) is 2. The highest BCUT2D eigenvalue weighted by molar-refractivity contribution is 4.49. The van der Waals surface area contributed by atoms with E-state index in [-0.39, 0.29) is 6.17 Å². The van der Waals surface area contributed by atoms with Crippen LogP contribution in [0.2, 0.25) is 0 Å². The number of hydrogen-bond acceptors (Lipinski definition) is 1. The van der Waals surface area contributed by atoms with E-state index in [9.17, 15) is 0 Å². The Morgan fingerprint density at radius 3 is 2.29 bits per heavy atom. The van der Waals surface area contributed by atoms with Gasteiger partial charge < -0.3 is 5.32 Å². The molecule has 0 amide bonds. The van der Waals surface area contributed by atoms with Crippen molar-refractivity contribution in [2.45, 2.75) is 26.4 Å². The molecule has 0 aliphatic rings. The van der Waals surface area contributed by atoms with Crippen molar-refractivity contribution in [3.05, 3.63) is 0 Å². The van der Waals surface area contributed by atoms with Crippen molar-refractivity contribution in [3.8, 4) is 0 Å². The summed E-state index contributed by atoms with van der Waals surface area (Å²) >= 11 is 0. The van der Waals surface area contributed by atoms with Crippen LogP contribution in [0.3, 0.4) is 0 Å². The van der Waals surface area contributed by atoms with Crippen LogP contribution in [0, 0.1) is 0 Å². The maximum atomic E-state index is 7.11. The van der Waals surface area contributed by atoms with Crippen LogP contribution in [-0.2, 0) is 0 Å². The van der Waals surface area contributed by atoms with E-state index >= 15 is 0 Å². The van der Waals surface area contributed by atoms with Crippen LogP contribution in [0.4, 0.5) is 0 Å². The summed E-state index contributed by atoms with van der Waals surface area (Å²) in [7, 11) is 0. The summed E-state index contributed by atoms with van der Waals surface area (Å²) < 4.78 is 0. The highest BCUT2D eigenvalue weighted by Gasteiger charge is 1.91. The fourth-order valence-corrected chi connectivity index (χ4v) is 0.391. The Morgan fingerprint density at radius 2 is 2.14 bits per heavy atom. The lowest BCUT2D eigenvalue weighted by Crippen LogP contribution is -2.28. The highest BCUT2D eigenvalue weighted by Crippen LogP contribution is 1.78. The molecule has 0 saturated heterocycles. The van der Waals surface area contributed by atoms with Gasteiger partial charge in [0.05, 0.1) is 6.17 Å². The molecule has 0 aliphatic heterocycles. The van der Waals surface area contributed by atoms with Crippen molar-refractivity contribution in [1.82, 2.24) is 11.1 Å². The van der Waals surface area contributed by atoms with Gasteiger partial charge in [0.25, 0.3) is 0 Å². The molecule has 2 nitrogen and oxygen atoms in total. The van der Waals surface area contributed by atoms with Gasteiger partial charge in [-0.2, -0.15) is 0 Å². The van der Waals surface area contributed by atoms with Crippen LogP contribution in [0.25, 0.3) is 0 Å². The summed E-state index contributed by atoms with van der Waals surface area (Å²) in [6, 6.07) is 0. The van der Waals surface area contributed by atoms with E-state index in [2.05, 4.69) is 5.32 Å². The average Bonchev–Trinajstić information content (AvgIpc) is 1.68. The first-order valence-corrected chi connectivity index (χ1v) is 2.75. The zero-order valence-corrected chi connectivity index (χ0v) is 4.99. The highest BCUT2D eigenvalue weighted by atomic mass is 15.0. The van der Waals surface area contributed by atoms with Gasteiger partial charge in [0.2, 0.25) is 0 Å². The van der Waals surface area contributed by atoms with E-state index in [1.165, 1.54) is 0 Å². The minimum Gasteiger partial charge on any atom is -0.301 e. The number of rotatable bonds is 3. The van der Waals surface area contributed by atoms with E-state index in [4.69, 9.17) is 5.73 Å². The Hall–Kier alpha value is -0.0800. The van der Waals surface area contributed by atoms with Crippen LogP contribution in [0.15, 0.2) is 0 Å². The molecule has 1 atom stereocenters. The Bertz CT molecular complexity index is 37.1. The molecule has 0 bridgehead atoms. The first kappa shape index (κ1) is 6.92. The minimum atomic E-state index is -0.0509. The molecule has 1 unspecified atom stereocenters. The van der Waals surface area contributed by atoms with Crippen LogP contribution in [-0.4, -0.2) is 12.7 Å². The second-order valence-electron chi connectivity index (χ2n) is 1.52. The summed E-state index contributed by atoms with van der Waals surface area (Å²) in [6.07, 6.45) is 0.846. The van der Waals surface area contributed by atoms with Gasteiger partial charge in [-0.15, -0.1) is 0 Å². The summed E-state index contributed by atoms with van der Waals surface area (Å²) in [5, 5.41) is 2.96. The quantitative estimate of drug-likeness (QED) is 0.555. The second-order valence-corrected chi connectivity index (χ2v) is 1.52. The molecule has 0 spiro atoms. The first-order valence-electron chi connectivity index (χ1n) is 2.75. The van der Waals surface area contributed by atoms with Gasteiger partial charge in [-0.3, -0.25) is 0 Å². The molecule has 7 heavy (non-hydrogen) atoms. The summed E-state index contributed by atoms with van der Waals surface area (Å²) in [5.74, 6) is 0. The molecule has 0 aromatic rings. The van der Waals surface area contributed by atoms with Gasteiger partial charge in [-0.05, 0) is 13.0 Å². The summed E-state index contributed by atoms with van der Waals surface area (Å²) in [4.78, 5) is 0. The van der Waals surface area contributed by atoms with Gasteiger partial charge in [-0.1, -0.05) is 13.8 Å². The van der Waals surface area contributed by atoms with E-state index < -0.39 is 0 Å². The predicted octanol–water partition coefficient (Wildman–Crippen LogP) is 0.615. The Labute approximate surface area is 45.1 Å². The van der Waals surface area contributed by atoms with E-state index in [0.29, 0.717) is 0 Å². The maximum Gasteiger partial charge on any atom is 0.0701 e. The van der Waals surface area contributed by atoms with E-state index in [1.807, 2.05) is 13.8 Å². The van der Waals surface area contributed by atoms with Crippen molar-refractivity contribution in [3.63, 3.8) is 0 Å². The summed E-state index contributed by atoms with van der Waals surface area (Å²) in [6.45, 7) is 4.92. The molecule has 1 radical (unpaired) electrons. The average molecular weight is 101 g/mol. The molecule has 0 aromatic heterocycles. The SMILES string of the molecule is CCNC([NH])CC. The lowest BCUT2D eigenvalue weighted by molar-refractivity contribution is 0.516. The fourth-order valence-electron chi connectivity index (χ4n) is 0.391. The van der Waals surface area contributed by atoms with E-state index in [0.717, 1.165) is 13.0 Å². The molecule has 2 heteroatoms. The van der Waals surface area contributed by atoms with Crippen molar-refractivity contribution in [1.29, 1.82) is 0 Å². The third-order valence-electron chi connectivity index (χ3n) is 0.859. The van der Waals surface area contributed by atoms with Crippen molar-refractivity contribution >= 4 is 0 Å². The third-order valence-corrected chi connectivity index (χ3v) is 0.859. The maximum absolute atomic E-state index is 7.11. The molecular formula is C5H13N2. The molecule has 0 fully saturated rings. The zero-order valence-electron chi connectivity index (χ0n) is 4.99. The molecule has 43 valence electrons. The van der Waals surface area contributed by atoms with Gasteiger partial charge in [0, 0.05) is 0 Å². The largest absolute Gasteiger partial charge is 0.301 e. The van der Waals surface area contributed by atoms with Crippen LogP contribution in [0.5, 0.6) is 0 Å². The Kier molecular flexibility index (Phi) is 4.04. The molecule has 0 heterocycles. The van der Waals surface area contributed by atoms with Crippen molar-refractivity contribution in [2.75, 3.05) is 6.54 Å². The standard InChI is InChI=1S/C5H13N2/c1-3-5(6)7-4-2/h5-7H,3-4H2,1-2H3. The van der Waals surface area contributed by atoms with Gasteiger partial charge in [0.15, 0.2) is 0 Å². The van der Waals surface area contributed by atoms with Gasteiger partial charge in [0.1, 0.15) is 0 Å². The third kappa shape index (κ3) is 3.76. The van der Waals surface area contributed by atoms with Crippen molar-refractivity contribution in [2.24, 2.45) is 0 Å². The second kappa shape index (κ2) is 4.09. The van der Waals surface area contributed by atoms with Crippen molar-refractivity contribution < 1.29 is 0 Å². The zero-order chi connectivity index (χ0) is 5.70. The molecule has 0 rings (SSSR count). The van der Waals surface area contributed by atoms with Crippen LogP contribution < -0.4 is 11.1 Å². The van der Waals surface area contributed by atoms with Gasteiger partial charge >= 0.3 is 0 Å². The first-order chi connectivity index (χ1) is 3.31. The molecular weight excluding hydrogens is 88.1 g/mol. The van der Waals surface area contributed by atoms with E-state index in [1.54, 1.807) is 0 Å². The summed E-state index contributed by atoms with van der Waals surface area (Å²) in [5.41, 5.74) is 7.11. The predicted molar refractivity (Wildman–Crippen MR) is 30.9 cm³/mol. The topological polar surface area (TPSA) is 35.8 Å². The lowest BCUT2D eigenvalue weighted by Gasteiger charge is -2.05. The van der Waals surface area contributed by atoms with Gasteiger partial charge in [-0.25, -0.2) is 5.73 Å². The monoisotopic (exact) mass is 101 g/mol. The molecule has 0 saturated carbocycles. The normalized spacial score (nSPS) is 14.1. The minimum absolute atomic E-state index is 0.0509. The van der Waals surface area contributed by atoms with Crippen LogP contribution >= 0.6 is 0 Å². The number of hydrogen-bond donors (Lipinski definition) is 1. The smallest absolute Gasteiger partial charge is 0.0701 e. The Morgan fingerprint density at radius 1 is 1.57 bits per heavy atom. The van der Waals surface area contributed by atoms with Crippen LogP contribution in [0.1, 0.15) is 20.3 Å². The fraction of sp³-hybridized carbons (Fsp3) is 1.00. The Balaban J connectivity index is 2.83. The lowest BCUT2D eigenvalue weighted by atomic mass is 10.4. The molecule has 0 aromatic carbocycles. The molecule has 0 aliphatic carbocycles. The molecule has 2 N–H and O–H groups in total.